The Bertz CT molecular complexity index is 540. The van der Waals surface area contributed by atoms with Gasteiger partial charge in [0.15, 0.2) is 5.16 Å². The molecule has 0 aliphatic rings. The molecular weight excluding hydrogens is 274 g/mol. The van der Waals surface area contributed by atoms with Gasteiger partial charge < -0.3 is 11.1 Å². The van der Waals surface area contributed by atoms with Gasteiger partial charge in [-0.3, -0.25) is 9.89 Å². The summed E-state index contributed by atoms with van der Waals surface area (Å²) in [5.41, 5.74) is 6.50. The number of H-pyrrole nitrogens is 1. The van der Waals surface area contributed by atoms with Crippen molar-refractivity contribution in [2.24, 2.45) is 5.73 Å². The average molecular weight is 291 g/mol. The van der Waals surface area contributed by atoms with E-state index in [9.17, 15) is 4.79 Å². The molecule has 106 valence electrons. The zero-order chi connectivity index (χ0) is 14.4. The van der Waals surface area contributed by atoms with E-state index in [0.717, 1.165) is 22.2 Å². The predicted octanol–water partition coefficient (Wildman–Crippen LogP) is 2.02. The molecule has 0 aliphatic heterocycles. The van der Waals surface area contributed by atoms with Crippen LogP contribution in [0.5, 0.6) is 0 Å². The third kappa shape index (κ3) is 4.07. The molecule has 0 spiro atoms. The molecule has 1 atom stereocenters. The molecule has 20 heavy (non-hydrogen) atoms. The van der Waals surface area contributed by atoms with Crippen LogP contribution < -0.4 is 11.1 Å². The van der Waals surface area contributed by atoms with E-state index in [0.29, 0.717) is 6.42 Å². The standard InChI is InChI=1S/C13H17N5OS/c1-2-3-11(14)12(19)17-9-4-6-10(7-5-9)20-13-15-8-16-18-13/h4-8,11H,2-3,14H2,1H3,(H,17,19)(H,15,16,18). The van der Waals surface area contributed by atoms with Gasteiger partial charge in [0.05, 0.1) is 6.04 Å². The fourth-order valence-corrected chi connectivity index (χ4v) is 2.33. The zero-order valence-corrected chi connectivity index (χ0v) is 12.0. The quantitative estimate of drug-likeness (QED) is 0.756. The zero-order valence-electron chi connectivity index (χ0n) is 11.2. The van der Waals surface area contributed by atoms with Gasteiger partial charge in [0, 0.05) is 10.6 Å². The predicted molar refractivity (Wildman–Crippen MR) is 78.5 cm³/mol. The van der Waals surface area contributed by atoms with Crippen LogP contribution in [0, 0.1) is 0 Å². The van der Waals surface area contributed by atoms with E-state index in [1.54, 1.807) is 0 Å². The number of aromatic nitrogens is 3. The number of anilines is 1. The number of aromatic amines is 1. The molecule has 1 unspecified atom stereocenters. The molecule has 0 fully saturated rings. The third-order valence-electron chi connectivity index (χ3n) is 2.67. The minimum atomic E-state index is -0.455. The van der Waals surface area contributed by atoms with Crippen molar-refractivity contribution >= 4 is 23.4 Å². The maximum atomic E-state index is 11.8. The van der Waals surface area contributed by atoms with Crippen LogP contribution >= 0.6 is 11.8 Å². The normalized spacial score (nSPS) is 12.1. The third-order valence-corrected chi connectivity index (χ3v) is 3.56. The van der Waals surface area contributed by atoms with Gasteiger partial charge in [-0.05, 0) is 30.7 Å². The lowest BCUT2D eigenvalue weighted by Crippen LogP contribution is -2.35. The number of nitrogens with two attached hydrogens (primary N) is 1. The number of nitrogens with zero attached hydrogens (tertiary/aromatic N) is 2. The minimum Gasteiger partial charge on any atom is -0.325 e. The van der Waals surface area contributed by atoms with Crippen LogP contribution in [-0.2, 0) is 4.79 Å². The molecule has 1 heterocycles. The Morgan fingerprint density at radius 2 is 2.20 bits per heavy atom. The number of hydrogen-bond donors (Lipinski definition) is 3. The summed E-state index contributed by atoms with van der Waals surface area (Å²) < 4.78 is 0. The number of carbonyl (C=O) groups is 1. The van der Waals surface area contributed by atoms with E-state index in [1.807, 2.05) is 31.2 Å². The van der Waals surface area contributed by atoms with Gasteiger partial charge in [0.1, 0.15) is 6.33 Å². The SMILES string of the molecule is CCCC(N)C(=O)Nc1ccc(Sc2ncn[nH]2)cc1. The monoisotopic (exact) mass is 291 g/mol. The molecule has 2 aromatic rings. The van der Waals surface area contributed by atoms with Crippen molar-refractivity contribution in [1.29, 1.82) is 0 Å². The summed E-state index contributed by atoms with van der Waals surface area (Å²) in [5.74, 6) is -0.150. The lowest BCUT2D eigenvalue weighted by Gasteiger charge is -2.11. The molecule has 1 amide bonds. The fourth-order valence-electron chi connectivity index (χ4n) is 1.64. The van der Waals surface area contributed by atoms with E-state index in [1.165, 1.54) is 18.1 Å². The van der Waals surface area contributed by atoms with E-state index in [4.69, 9.17) is 5.73 Å². The molecule has 1 aromatic carbocycles. The Kier molecular flexibility index (Phi) is 5.14. The minimum absolute atomic E-state index is 0.150. The van der Waals surface area contributed by atoms with Crippen LogP contribution in [0.15, 0.2) is 40.6 Å². The molecule has 0 saturated heterocycles. The van der Waals surface area contributed by atoms with Crippen LogP contribution in [0.4, 0.5) is 5.69 Å². The number of amides is 1. The van der Waals surface area contributed by atoms with Crippen molar-refractivity contribution in [3.05, 3.63) is 30.6 Å². The van der Waals surface area contributed by atoms with Crippen LogP contribution in [0.1, 0.15) is 19.8 Å². The lowest BCUT2D eigenvalue weighted by atomic mass is 10.1. The largest absolute Gasteiger partial charge is 0.325 e. The van der Waals surface area contributed by atoms with Crippen molar-refractivity contribution in [2.75, 3.05) is 5.32 Å². The van der Waals surface area contributed by atoms with Crippen molar-refractivity contribution in [2.45, 2.75) is 35.9 Å². The molecular formula is C13H17N5OS. The van der Waals surface area contributed by atoms with Crippen molar-refractivity contribution in [3.8, 4) is 0 Å². The summed E-state index contributed by atoms with van der Waals surface area (Å²) in [6.45, 7) is 2.00. The second-order valence-corrected chi connectivity index (χ2v) is 5.36. The van der Waals surface area contributed by atoms with Gasteiger partial charge in [-0.25, -0.2) is 4.98 Å². The summed E-state index contributed by atoms with van der Waals surface area (Å²) in [6.07, 6.45) is 3.04. The molecule has 4 N–H and O–H groups in total. The number of rotatable bonds is 6. The van der Waals surface area contributed by atoms with Gasteiger partial charge in [0.2, 0.25) is 5.91 Å². The summed E-state index contributed by atoms with van der Waals surface area (Å²) in [5, 5.41) is 10.1. The van der Waals surface area contributed by atoms with Crippen LogP contribution in [-0.4, -0.2) is 27.1 Å². The van der Waals surface area contributed by atoms with Crippen LogP contribution in [0.25, 0.3) is 0 Å². The average Bonchev–Trinajstić information content (AvgIpc) is 2.94. The van der Waals surface area contributed by atoms with Gasteiger partial charge in [-0.1, -0.05) is 25.1 Å². The first-order valence-corrected chi connectivity index (χ1v) is 7.20. The molecule has 7 heteroatoms. The Labute approximate surface area is 121 Å². The highest BCUT2D eigenvalue weighted by Crippen LogP contribution is 2.25. The summed E-state index contributed by atoms with van der Waals surface area (Å²) >= 11 is 1.47. The first-order valence-electron chi connectivity index (χ1n) is 6.38. The van der Waals surface area contributed by atoms with Gasteiger partial charge in [0.25, 0.3) is 0 Å². The summed E-state index contributed by atoms with van der Waals surface area (Å²) in [6, 6.07) is 7.05. The molecule has 0 saturated carbocycles. The van der Waals surface area contributed by atoms with E-state index < -0.39 is 6.04 Å². The maximum Gasteiger partial charge on any atom is 0.241 e. The smallest absolute Gasteiger partial charge is 0.241 e. The molecule has 1 aromatic heterocycles. The highest BCUT2D eigenvalue weighted by atomic mass is 32.2. The lowest BCUT2D eigenvalue weighted by molar-refractivity contribution is -0.117. The molecule has 0 aliphatic carbocycles. The topological polar surface area (TPSA) is 96.7 Å². The Morgan fingerprint density at radius 1 is 1.45 bits per heavy atom. The van der Waals surface area contributed by atoms with Gasteiger partial charge in [-0.2, -0.15) is 5.10 Å². The highest BCUT2D eigenvalue weighted by Gasteiger charge is 2.12. The van der Waals surface area contributed by atoms with E-state index >= 15 is 0 Å². The van der Waals surface area contributed by atoms with E-state index in [2.05, 4.69) is 20.5 Å². The van der Waals surface area contributed by atoms with Crippen molar-refractivity contribution in [1.82, 2.24) is 15.2 Å². The van der Waals surface area contributed by atoms with Crippen molar-refractivity contribution < 1.29 is 4.79 Å². The van der Waals surface area contributed by atoms with Crippen LogP contribution in [0.2, 0.25) is 0 Å². The molecule has 0 radical (unpaired) electrons. The number of hydrogen-bond acceptors (Lipinski definition) is 5. The summed E-state index contributed by atoms with van der Waals surface area (Å²) in [7, 11) is 0. The van der Waals surface area contributed by atoms with Gasteiger partial charge in [-0.15, -0.1) is 0 Å². The Hall–Kier alpha value is -1.86. The van der Waals surface area contributed by atoms with Crippen LogP contribution in [0.3, 0.4) is 0 Å². The Balaban J connectivity index is 1.93. The Morgan fingerprint density at radius 3 is 2.80 bits per heavy atom. The maximum absolute atomic E-state index is 11.8. The van der Waals surface area contributed by atoms with E-state index in [-0.39, 0.29) is 5.91 Å². The molecule has 6 nitrogen and oxygen atoms in total. The van der Waals surface area contributed by atoms with Crippen molar-refractivity contribution in [3.63, 3.8) is 0 Å². The highest BCUT2D eigenvalue weighted by molar-refractivity contribution is 7.99. The second-order valence-electron chi connectivity index (χ2n) is 4.30. The first-order chi connectivity index (χ1) is 9.69. The number of benzene rings is 1. The summed E-state index contributed by atoms with van der Waals surface area (Å²) in [4.78, 5) is 16.8. The van der Waals surface area contributed by atoms with Gasteiger partial charge >= 0.3 is 0 Å². The number of carbonyl (C=O) groups excluding carboxylic acids is 1. The molecule has 2 rings (SSSR count). The molecule has 0 bridgehead atoms. The fraction of sp³-hybridized carbons (Fsp3) is 0.308. The number of nitrogens with one attached hydrogen (secondary N) is 2. The first kappa shape index (κ1) is 14.5. The second kappa shape index (κ2) is 7.06.